The highest BCUT2D eigenvalue weighted by molar-refractivity contribution is 7.46. The van der Waals surface area contributed by atoms with E-state index in [1.807, 2.05) is 0 Å². The highest BCUT2D eigenvalue weighted by Gasteiger charge is 2.52. The van der Waals surface area contributed by atoms with E-state index in [1.165, 1.54) is 24.3 Å². The van der Waals surface area contributed by atoms with E-state index < -0.39 is 57.1 Å². The predicted octanol–water partition coefficient (Wildman–Crippen LogP) is 2.21. The quantitative estimate of drug-likeness (QED) is 0.190. The van der Waals surface area contributed by atoms with Gasteiger partial charge in [-0.3, -0.25) is 4.52 Å². The number of aliphatic hydroxyl groups excluding tert-OH is 1. The van der Waals surface area contributed by atoms with Gasteiger partial charge in [-0.25, -0.2) is 14.2 Å². The van der Waals surface area contributed by atoms with Crippen molar-refractivity contribution in [2.45, 2.75) is 37.1 Å². The minimum absolute atomic E-state index is 0.126. The third kappa shape index (κ3) is 8.44. The summed E-state index contributed by atoms with van der Waals surface area (Å²) in [6.07, 6.45) is -7.60. The summed E-state index contributed by atoms with van der Waals surface area (Å²) in [5.41, 5.74) is 6.90. The molecular formula is C28H30NO11P. The van der Waals surface area contributed by atoms with Gasteiger partial charge in [-0.1, -0.05) is 48.5 Å². The van der Waals surface area contributed by atoms with Crippen LogP contribution in [0.15, 0.2) is 84.9 Å². The first kappa shape index (κ1) is 30.4. The first-order chi connectivity index (χ1) is 19.6. The lowest BCUT2D eigenvalue weighted by molar-refractivity contribution is -0.273. The third-order valence-electron chi connectivity index (χ3n) is 6.13. The predicted molar refractivity (Wildman–Crippen MR) is 144 cm³/mol. The first-order valence-corrected chi connectivity index (χ1v) is 14.2. The fourth-order valence-corrected chi connectivity index (χ4v) is 4.71. The SMILES string of the molecule is NCCc1ccc(O[C@@H]2O[C@H](COC(=O)c3ccccc3)[C@@H](O)[C@H](OP(=O)(O)O)[C@H]2OC(=O)c2ccccc2)cc1. The molecule has 218 valence electrons. The van der Waals surface area contributed by atoms with Gasteiger partial charge < -0.3 is 39.6 Å². The molecule has 0 aliphatic carbocycles. The van der Waals surface area contributed by atoms with E-state index in [1.54, 1.807) is 60.7 Å². The van der Waals surface area contributed by atoms with Crippen LogP contribution in [-0.2, 0) is 29.7 Å². The second-order valence-corrected chi connectivity index (χ2v) is 10.3. The standard InChI is InChI=1S/C28H30NO11P/c29-16-15-18-11-13-21(14-12-18)37-28-25(39-27(32)20-9-5-2-6-10-20)24(40-41(33,34)35)23(30)22(38-28)17-36-26(31)19-7-3-1-4-8-19/h1-14,22-25,28,30H,15-17,29H2,(H2,33,34,35)/t22-,23-,24+,25-,28-/m1/s1. The van der Waals surface area contributed by atoms with Crippen LogP contribution in [0.25, 0.3) is 0 Å². The molecule has 0 aromatic heterocycles. The van der Waals surface area contributed by atoms with Gasteiger partial charge in [0.05, 0.1) is 11.1 Å². The van der Waals surface area contributed by atoms with Gasteiger partial charge in [0.25, 0.3) is 0 Å². The fraction of sp³-hybridized carbons (Fsp3) is 0.286. The summed E-state index contributed by atoms with van der Waals surface area (Å²) in [4.78, 5) is 44.7. The molecule has 1 fully saturated rings. The Balaban J connectivity index is 1.62. The van der Waals surface area contributed by atoms with Gasteiger partial charge in [-0.2, -0.15) is 0 Å². The molecule has 0 radical (unpaired) electrons. The minimum Gasteiger partial charge on any atom is -0.461 e. The maximum absolute atomic E-state index is 13.0. The van der Waals surface area contributed by atoms with Crippen LogP contribution in [0.3, 0.4) is 0 Å². The normalized spacial score (nSPS) is 22.5. The Morgan fingerprint density at radius 1 is 0.854 bits per heavy atom. The molecule has 5 N–H and O–H groups in total. The van der Waals surface area contributed by atoms with Crippen LogP contribution in [-0.4, -0.2) is 70.7 Å². The van der Waals surface area contributed by atoms with Gasteiger partial charge >= 0.3 is 19.8 Å². The number of phosphoric ester groups is 1. The molecule has 0 spiro atoms. The molecule has 1 heterocycles. The van der Waals surface area contributed by atoms with Crippen molar-refractivity contribution in [2.75, 3.05) is 13.2 Å². The van der Waals surface area contributed by atoms with Crippen LogP contribution in [0.4, 0.5) is 0 Å². The van der Waals surface area contributed by atoms with E-state index in [4.69, 9.17) is 29.2 Å². The zero-order chi connectivity index (χ0) is 29.4. The minimum atomic E-state index is -5.24. The molecule has 1 aliphatic heterocycles. The Labute approximate surface area is 235 Å². The van der Waals surface area contributed by atoms with E-state index in [-0.39, 0.29) is 16.9 Å². The summed E-state index contributed by atoms with van der Waals surface area (Å²) >= 11 is 0. The van der Waals surface area contributed by atoms with Crippen LogP contribution in [0.1, 0.15) is 26.3 Å². The van der Waals surface area contributed by atoms with Crippen LogP contribution < -0.4 is 10.5 Å². The number of aliphatic hydroxyl groups is 1. The van der Waals surface area contributed by atoms with E-state index in [0.29, 0.717) is 13.0 Å². The summed E-state index contributed by atoms with van der Waals surface area (Å²) in [5.74, 6) is -1.35. The monoisotopic (exact) mass is 587 g/mol. The maximum Gasteiger partial charge on any atom is 0.470 e. The summed E-state index contributed by atoms with van der Waals surface area (Å²) in [7, 11) is -5.24. The molecule has 1 saturated heterocycles. The lowest BCUT2D eigenvalue weighted by Crippen LogP contribution is -2.62. The van der Waals surface area contributed by atoms with Crippen molar-refractivity contribution in [3.8, 4) is 5.75 Å². The van der Waals surface area contributed by atoms with Crippen LogP contribution in [0, 0.1) is 0 Å². The Morgan fingerprint density at radius 3 is 2.00 bits per heavy atom. The van der Waals surface area contributed by atoms with Gasteiger partial charge in [0, 0.05) is 0 Å². The number of phosphoric acid groups is 1. The number of hydrogen-bond donors (Lipinski definition) is 4. The van der Waals surface area contributed by atoms with Crippen molar-refractivity contribution in [1.82, 2.24) is 0 Å². The van der Waals surface area contributed by atoms with E-state index >= 15 is 0 Å². The molecule has 13 heteroatoms. The van der Waals surface area contributed by atoms with Crippen molar-refractivity contribution in [3.63, 3.8) is 0 Å². The molecule has 1 aliphatic rings. The summed E-state index contributed by atoms with van der Waals surface area (Å²) in [5, 5.41) is 11.1. The lowest BCUT2D eigenvalue weighted by atomic mass is 9.99. The summed E-state index contributed by atoms with van der Waals surface area (Å²) in [6, 6.07) is 22.6. The molecule has 12 nitrogen and oxygen atoms in total. The van der Waals surface area contributed by atoms with E-state index in [9.17, 15) is 29.0 Å². The van der Waals surface area contributed by atoms with Gasteiger partial charge in [0.15, 0.2) is 6.10 Å². The molecule has 0 unspecified atom stereocenters. The third-order valence-corrected chi connectivity index (χ3v) is 6.64. The molecule has 3 aromatic rings. The van der Waals surface area contributed by atoms with Crippen molar-refractivity contribution in [3.05, 3.63) is 102 Å². The van der Waals surface area contributed by atoms with Crippen molar-refractivity contribution in [1.29, 1.82) is 0 Å². The largest absolute Gasteiger partial charge is 0.470 e. The van der Waals surface area contributed by atoms with Crippen molar-refractivity contribution < 1.29 is 52.5 Å². The number of nitrogens with two attached hydrogens (primary N) is 1. The van der Waals surface area contributed by atoms with Gasteiger partial charge in [-0.15, -0.1) is 0 Å². The highest BCUT2D eigenvalue weighted by Crippen LogP contribution is 2.42. The zero-order valence-electron chi connectivity index (χ0n) is 21.7. The molecule has 0 amide bonds. The molecule has 4 rings (SSSR count). The van der Waals surface area contributed by atoms with Gasteiger partial charge in [0.2, 0.25) is 6.29 Å². The number of ether oxygens (including phenoxy) is 4. The number of rotatable bonds is 11. The second kappa shape index (κ2) is 13.8. The van der Waals surface area contributed by atoms with E-state index in [2.05, 4.69) is 0 Å². The number of hydrogen-bond acceptors (Lipinski definition) is 10. The smallest absolute Gasteiger partial charge is 0.461 e. The van der Waals surface area contributed by atoms with Gasteiger partial charge in [-0.05, 0) is 54.9 Å². The molecule has 3 aromatic carbocycles. The second-order valence-electron chi connectivity index (χ2n) is 9.10. The summed E-state index contributed by atoms with van der Waals surface area (Å²) in [6.45, 7) is -0.101. The van der Waals surface area contributed by atoms with Crippen molar-refractivity contribution >= 4 is 19.8 Å². The number of carbonyl (C=O) groups is 2. The number of carbonyl (C=O) groups excluding carboxylic acids is 2. The molecule has 41 heavy (non-hydrogen) atoms. The molecule has 5 atom stereocenters. The summed E-state index contributed by atoms with van der Waals surface area (Å²) < 4.78 is 39.5. The lowest BCUT2D eigenvalue weighted by Gasteiger charge is -2.43. The zero-order valence-corrected chi connectivity index (χ0v) is 22.6. The van der Waals surface area contributed by atoms with Crippen LogP contribution in [0.5, 0.6) is 5.75 Å². The van der Waals surface area contributed by atoms with E-state index in [0.717, 1.165) is 5.56 Å². The van der Waals surface area contributed by atoms with Crippen molar-refractivity contribution in [2.24, 2.45) is 5.73 Å². The number of esters is 2. The Morgan fingerprint density at radius 2 is 1.44 bits per heavy atom. The molecular weight excluding hydrogens is 557 g/mol. The topological polar surface area (TPSA) is 184 Å². The Hall–Kier alpha value is -3.61. The average Bonchev–Trinajstić information content (AvgIpc) is 2.96. The van der Waals surface area contributed by atoms with Gasteiger partial charge in [0.1, 0.15) is 30.7 Å². The number of benzene rings is 3. The maximum atomic E-state index is 13.0. The average molecular weight is 588 g/mol. The highest BCUT2D eigenvalue weighted by atomic mass is 31.2. The molecule has 0 saturated carbocycles. The Kier molecular flexibility index (Phi) is 10.2. The van der Waals surface area contributed by atoms with Crippen LogP contribution >= 0.6 is 7.82 Å². The van der Waals surface area contributed by atoms with Crippen LogP contribution in [0.2, 0.25) is 0 Å². The first-order valence-electron chi connectivity index (χ1n) is 12.7. The Bertz CT molecular complexity index is 1330. The molecule has 0 bridgehead atoms. The fourth-order valence-electron chi connectivity index (χ4n) is 4.14.